The van der Waals surface area contributed by atoms with Gasteiger partial charge in [0.05, 0.1) is 13.7 Å². The molecule has 2 saturated heterocycles. The van der Waals surface area contributed by atoms with Crippen LogP contribution in [-0.4, -0.2) is 67.0 Å². The Kier molecular flexibility index (Phi) is 8.24. The zero-order valence-electron chi connectivity index (χ0n) is 21.8. The number of carbonyl (C=O) groups excluding carboxylic acids is 1. The summed E-state index contributed by atoms with van der Waals surface area (Å²) in [6.07, 6.45) is 3.96. The molecule has 0 radical (unpaired) electrons. The first-order valence-corrected chi connectivity index (χ1v) is 14.6. The Morgan fingerprint density at radius 2 is 1.79 bits per heavy atom. The average Bonchev–Trinajstić information content (AvgIpc) is 3.42. The first-order valence-electron chi connectivity index (χ1n) is 13.1. The van der Waals surface area contributed by atoms with E-state index in [9.17, 15) is 17.6 Å². The van der Waals surface area contributed by atoms with Crippen molar-refractivity contribution in [3.05, 3.63) is 54.2 Å². The quantitative estimate of drug-likeness (QED) is 0.443. The lowest BCUT2D eigenvalue weighted by Gasteiger charge is -2.30. The summed E-state index contributed by atoms with van der Waals surface area (Å²) in [4.78, 5) is 19.7. The minimum atomic E-state index is -3.73. The van der Waals surface area contributed by atoms with Gasteiger partial charge in [-0.3, -0.25) is 9.69 Å². The first kappa shape index (κ1) is 27.2. The summed E-state index contributed by atoms with van der Waals surface area (Å²) in [7, 11) is -2.29. The number of halogens is 1. The van der Waals surface area contributed by atoms with E-state index >= 15 is 0 Å². The van der Waals surface area contributed by atoms with Gasteiger partial charge in [-0.05, 0) is 81.2 Å². The number of anilines is 1. The molecule has 2 aliphatic heterocycles. The second-order valence-electron chi connectivity index (χ2n) is 9.89. The summed E-state index contributed by atoms with van der Waals surface area (Å²) in [6.45, 7) is 2.77. The van der Waals surface area contributed by atoms with Gasteiger partial charge in [-0.25, -0.2) is 12.8 Å². The van der Waals surface area contributed by atoms with E-state index in [2.05, 4.69) is 20.4 Å². The molecule has 0 atom stereocenters. The van der Waals surface area contributed by atoms with E-state index in [0.29, 0.717) is 68.5 Å². The summed E-state index contributed by atoms with van der Waals surface area (Å²) in [5, 5.41) is 6.89. The molecule has 2 aliphatic rings. The molecule has 0 saturated carbocycles. The van der Waals surface area contributed by atoms with Crippen LogP contribution in [0.15, 0.2) is 51.9 Å². The number of nitrogens with zero attached hydrogens (tertiary/aromatic N) is 4. The fourth-order valence-electron chi connectivity index (χ4n) is 5.02. The number of likely N-dealkylation sites (tertiary alicyclic amines) is 1. The van der Waals surface area contributed by atoms with E-state index in [1.54, 1.807) is 24.3 Å². The molecule has 5 rings (SSSR count). The smallest absolute Gasteiger partial charge is 0.246 e. The largest absolute Gasteiger partial charge is 0.495 e. The van der Waals surface area contributed by atoms with Crippen LogP contribution in [0.2, 0.25) is 0 Å². The molecular weight excluding hydrogens is 525 g/mol. The normalized spacial score (nSPS) is 17.7. The van der Waals surface area contributed by atoms with Crippen molar-refractivity contribution >= 4 is 21.6 Å². The van der Waals surface area contributed by atoms with Crippen LogP contribution in [-0.2, 0) is 21.4 Å². The maximum absolute atomic E-state index is 13.3. The molecule has 39 heavy (non-hydrogen) atoms. The minimum Gasteiger partial charge on any atom is -0.495 e. The molecule has 0 unspecified atom stereocenters. The van der Waals surface area contributed by atoms with Crippen LogP contribution < -0.4 is 10.1 Å². The molecule has 1 aromatic heterocycles. The van der Waals surface area contributed by atoms with Crippen molar-refractivity contribution in [1.82, 2.24) is 19.3 Å². The van der Waals surface area contributed by atoms with Gasteiger partial charge in [0.2, 0.25) is 27.6 Å². The number of sulfonamides is 1. The Morgan fingerprint density at radius 3 is 2.49 bits per heavy atom. The van der Waals surface area contributed by atoms with Crippen LogP contribution in [0.25, 0.3) is 11.4 Å². The summed E-state index contributed by atoms with van der Waals surface area (Å²) in [5.74, 6) is 0.443. The third-order valence-corrected chi connectivity index (χ3v) is 9.17. The van der Waals surface area contributed by atoms with Crippen LogP contribution in [0, 0.1) is 11.7 Å². The highest BCUT2D eigenvalue weighted by Gasteiger charge is 2.30. The number of hydrogen-bond donors (Lipinski definition) is 1. The fraction of sp³-hybridized carbons (Fsp3) is 0.444. The predicted octanol–water partition coefficient (Wildman–Crippen LogP) is 3.91. The van der Waals surface area contributed by atoms with E-state index in [-0.39, 0.29) is 28.3 Å². The number of rotatable bonds is 8. The lowest BCUT2D eigenvalue weighted by molar-refractivity contribution is -0.121. The molecule has 2 fully saturated rings. The van der Waals surface area contributed by atoms with Crippen LogP contribution >= 0.6 is 0 Å². The van der Waals surface area contributed by atoms with Gasteiger partial charge in [-0.2, -0.15) is 9.29 Å². The van der Waals surface area contributed by atoms with E-state index in [1.807, 2.05) is 0 Å². The van der Waals surface area contributed by atoms with E-state index < -0.39 is 10.0 Å². The lowest BCUT2D eigenvalue weighted by Crippen LogP contribution is -2.38. The van der Waals surface area contributed by atoms with E-state index in [0.717, 1.165) is 19.3 Å². The summed E-state index contributed by atoms with van der Waals surface area (Å²) in [6, 6.07) is 10.6. The molecule has 12 heteroatoms. The zero-order valence-corrected chi connectivity index (χ0v) is 22.6. The van der Waals surface area contributed by atoms with Gasteiger partial charge >= 0.3 is 0 Å². The molecule has 1 amide bonds. The number of piperidine rings is 2. The van der Waals surface area contributed by atoms with Gasteiger partial charge in [0.15, 0.2) is 0 Å². The van der Waals surface area contributed by atoms with Gasteiger partial charge in [0.1, 0.15) is 16.5 Å². The second-order valence-corrected chi connectivity index (χ2v) is 11.8. The second kappa shape index (κ2) is 11.8. The zero-order chi connectivity index (χ0) is 27.4. The van der Waals surface area contributed by atoms with Gasteiger partial charge in [-0.1, -0.05) is 11.6 Å². The third kappa shape index (κ3) is 6.29. The summed E-state index contributed by atoms with van der Waals surface area (Å²) in [5.41, 5.74) is 1.10. The Labute approximate surface area is 227 Å². The standard InChI is InChI=1S/C27H32FN5O5S/c1-37-23-10-9-22(17-24(23)39(35,36)33-13-3-2-4-14-33)29-27(34)20-11-15-32(16-12-20)18-25-30-26(31-38-25)19-5-7-21(28)8-6-19/h5-10,17,20H,2-4,11-16,18H2,1H3,(H,29,34). The Balaban J connectivity index is 1.17. The van der Waals surface area contributed by atoms with Crippen molar-refractivity contribution in [1.29, 1.82) is 0 Å². The van der Waals surface area contributed by atoms with Crippen LogP contribution in [0.3, 0.4) is 0 Å². The highest BCUT2D eigenvalue weighted by atomic mass is 32.2. The number of amides is 1. The number of ether oxygens (including phenoxy) is 1. The average molecular weight is 558 g/mol. The number of methoxy groups -OCH3 is 1. The molecule has 3 heterocycles. The van der Waals surface area contributed by atoms with Crippen molar-refractivity contribution in [3.8, 4) is 17.1 Å². The van der Waals surface area contributed by atoms with Crippen molar-refractivity contribution in [3.63, 3.8) is 0 Å². The maximum atomic E-state index is 13.3. The molecule has 10 nitrogen and oxygen atoms in total. The van der Waals surface area contributed by atoms with Crippen LogP contribution in [0.4, 0.5) is 10.1 Å². The van der Waals surface area contributed by atoms with Crippen molar-refractivity contribution in [2.24, 2.45) is 5.92 Å². The Bertz CT molecular complexity index is 1400. The molecule has 0 spiro atoms. The Morgan fingerprint density at radius 1 is 1.08 bits per heavy atom. The topological polar surface area (TPSA) is 118 Å². The molecule has 2 aromatic carbocycles. The lowest BCUT2D eigenvalue weighted by atomic mass is 9.96. The number of nitrogens with one attached hydrogen (secondary N) is 1. The molecule has 0 bridgehead atoms. The van der Waals surface area contributed by atoms with Crippen LogP contribution in [0.1, 0.15) is 38.0 Å². The summed E-state index contributed by atoms with van der Waals surface area (Å²) < 4.78 is 51.9. The fourth-order valence-corrected chi connectivity index (χ4v) is 6.72. The van der Waals surface area contributed by atoms with E-state index in [4.69, 9.17) is 9.26 Å². The van der Waals surface area contributed by atoms with E-state index in [1.165, 1.54) is 29.6 Å². The summed E-state index contributed by atoms with van der Waals surface area (Å²) >= 11 is 0. The Hall–Kier alpha value is -3.35. The van der Waals surface area contributed by atoms with Gasteiger partial charge in [0, 0.05) is 30.3 Å². The first-order chi connectivity index (χ1) is 18.8. The van der Waals surface area contributed by atoms with Crippen molar-refractivity contribution in [2.75, 3.05) is 38.6 Å². The number of carbonyl (C=O) groups is 1. The van der Waals surface area contributed by atoms with Gasteiger partial charge in [-0.15, -0.1) is 0 Å². The molecule has 1 N–H and O–H groups in total. The van der Waals surface area contributed by atoms with Gasteiger partial charge in [0.25, 0.3) is 0 Å². The van der Waals surface area contributed by atoms with Crippen LogP contribution in [0.5, 0.6) is 5.75 Å². The molecule has 3 aromatic rings. The maximum Gasteiger partial charge on any atom is 0.246 e. The minimum absolute atomic E-state index is 0.0686. The van der Waals surface area contributed by atoms with Crippen molar-refractivity contribution < 1.29 is 26.9 Å². The highest BCUT2D eigenvalue weighted by molar-refractivity contribution is 7.89. The number of hydrogen-bond acceptors (Lipinski definition) is 8. The highest BCUT2D eigenvalue weighted by Crippen LogP contribution is 2.32. The number of aromatic nitrogens is 2. The molecule has 208 valence electrons. The number of benzene rings is 2. The van der Waals surface area contributed by atoms with Gasteiger partial charge < -0.3 is 14.6 Å². The van der Waals surface area contributed by atoms with Crippen molar-refractivity contribution in [2.45, 2.75) is 43.5 Å². The third-order valence-electron chi connectivity index (χ3n) is 7.25. The predicted molar refractivity (Wildman–Crippen MR) is 142 cm³/mol. The SMILES string of the molecule is COc1ccc(NC(=O)C2CCN(Cc3nc(-c4ccc(F)cc4)no3)CC2)cc1S(=O)(=O)N1CCCCC1. The monoisotopic (exact) mass is 557 g/mol. The molecular formula is C27H32FN5O5S. The molecule has 0 aliphatic carbocycles.